The third-order valence-electron chi connectivity index (χ3n) is 3.49. The number of benzene rings is 2. The van der Waals surface area contributed by atoms with Gasteiger partial charge < -0.3 is 5.32 Å². The zero-order chi connectivity index (χ0) is 14.7. The van der Waals surface area contributed by atoms with Gasteiger partial charge in [-0.05, 0) is 23.8 Å². The van der Waals surface area contributed by atoms with Gasteiger partial charge in [0.15, 0.2) is 0 Å². The van der Waals surface area contributed by atoms with Gasteiger partial charge in [0.2, 0.25) is 0 Å². The predicted molar refractivity (Wildman–Crippen MR) is 88.5 cm³/mol. The molecular formula is C18H19N3. The Kier molecular flexibility index (Phi) is 3.82. The fourth-order valence-corrected chi connectivity index (χ4v) is 2.42. The molecule has 21 heavy (non-hydrogen) atoms. The maximum atomic E-state index is 4.66. The molecule has 0 aliphatic rings. The SMILES string of the molecule is CCNc1cc(-c2ccc3ccccc3c2)nc(CC)n1. The van der Waals surface area contributed by atoms with E-state index in [1.807, 2.05) is 6.07 Å². The summed E-state index contributed by atoms with van der Waals surface area (Å²) in [5.41, 5.74) is 2.11. The summed E-state index contributed by atoms with van der Waals surface area (Å²) in [6.45, 7) is 5.01. The van der Waals surface area contributed by atoms with E-state index in [0.717, 1.165) is 35.9 Å². The third-order valence-corrected chi connectivity index (χ3v) is 3.49. The van der Waals surface area contributed by atoms with E-state index in [1.165, 1.54) is 10.8 Å². The molecule has 0 amide bonds. The highest BCUT2D eigenvalue weighted by atomic mass is 15.0. The predicted octanol–water partition coefficient (Wildman–Crippen LogP) is 4.29. The molecule has 0 atom stereocenters. The first kappa shape index (κ1) is 13.6. The lowest BCUT2D eigenvalue weighted by atomic mass is 10.0. The molecule has 0 unspecified atom stereocenters. The van der Waals surface area contributed by atoms with Crippen molar-refractivity contribution in [2.45, 2.75) is 20.3 Å². The van der Waals surface area contributed by atoms with Crippen LogP contribution in [0.2, 0.25) is 0 Å². The molecule has 2 aromatic carbocycles. The molecule has 3 heteroatoms. The van der Waals surface area contributed by atoms with Crippen LogP contribution in [0.3, 0.4) is 0 Å². The van der Waals surface area contributed by atoms with Crippen molar-refractivity contribution in [3.05, 3.63) is 54.4 Å². The molecule has 1 N–H and O–H groups in total. The van der Waals surface area contributed by atoms with Gasteiger partial charge >= 0.3 is 0 Å². The van der Waals surface area contributed by atoms with Crippen molar-refractivity contribution in [2.75, 3.05) is 11.9 Å². The van der Waals surface area contributed by atoms with E-state index in [9.17, 15) is 0 Å². The molecule has 0 aliphatic carbocycles. The Morgan fingerprint density at radius 2 is 1.71 bits per heavy atom. The number of fused-ring (bicyclic) bond motifs is 1. The molecule has 1 aromatic heterocycles. The van der Waals surface area contributed by atoms with Crippen molar-refractivity contribution in [1.82, 2.24) is 9.97 Å². The van der Waals surface area contributed by atoms with Crippen LogP contribution in [0, 0.1) is 0 Å². The van der Waals surface area contributed by atoms with Crippen LogP contribution in [0.1, 0.15) is 19.7 Å². The number of hydrogen-bond acceptors (Lipinski definition) is 3. The average Bonchev–Trinajstić information content (AvgIpc) is 2.54. The van der Waals surface area contributed by atoms with E-state index in [-0.39, 0.29) is 0 Å². The molecule has 3 nitrogen and oxygen atoms in total. The van der Waals surface area contributed by atoms with Crippen LogP contribution >= 0.6 is 0 Å². The van der Waals surface area contributed by atoms with E-state index in [1.54, 1.807) is 0 Å². The molecule has 0 fully saturated rings. The highest BCUT2D eigenvalue weighted by Gasteiger charge is 2.06. The quantitative estimate of drug-likeness (QED) is 0.773. The first-order chi connectivity index (χ1) is 10.3. The van der Waals surface area contributed by atoms with Gasteiger partial charge in [0.1, 0.15) is 11.6 Å². The summed E-state index contributed by atoms with van der Waals surface area (Å²) >= 11 is 0. The van der Waals surface area contributed by atoms with Crippen LogP contribution in [-0.2, 0) is 6.42 Å². The lowest BCUT2D eigenvalue weighted by molar-refractivity contribution is 0.939. The lowest BCUT2D eigenvalue weighted by Gasteiger charge is -2.09. The van der Waals surface area contributed by atoms with E-state index in [4.69, 9.17) is 0 Å². The Balaban J connectivity index is 2.10. The number of nitrogens with one attached hydrogen (secondary N) is 1. The molecule has 0 radical (unpaired) electrons. The molecule has 3 rings (SSSR count). The second kappa shape index (κ2) is 5.92. The Bertz CT molecular complexity index is 765. The average molecular weight is 277 g/mol. The van der Waals surface area contributed by atoms with Crippen molar-refractivity contribution < 1.29 is 0 Å². The normalized spacial score (nSPS) is 10.8. The second-order valence-electron chi connectivity index (χ2n) is 5.00. The zero-order valence-electron chi connectivity index (χ0n) is 12.4. The maximum Gasteiger partial charge on any atom is 0.131 e. The topological polar surface area (TPSA) is 37.8 Å². The monoisotopic (exact) mass is 277 g/mol. The van der Waals surface area contributed by atoms with Gasteiger partial charge in [-0.15, -0.1) is 0 Å². The number of aromatic nitrogens is 2. The summed E-state index contributed by atoms with van der Waals surface area (Å²) in [6, 6.07) is 16.9. The molecule has 106 valence electrons. The van der Waals surface area contributed by atoms with Crippen molar-refractivity contribution in [3.63, 3.8) is 0 Å². The van der Waals surface area contributed by atoms with Crippen LogP contribution in [-0.4, -0.2) is 16.5 Å². The number of aryl methyl sites for hydroxylation is 1. The van der Waals surface area contributed by atoms with Gasteiger partial charge in [0.05, 0.1) is 5.69 Å². The van der Waals surface area contributed by atoms with Crippen LogP contribution in [0.15, 0.2) is 48.5 Å². The summed E-state index contributed by atoms with van der Waals surface area (Å²) in [5.74, 6) is 1.77. The Hall–Kier alpha value is -2.42. The number of hydrogen-bond donors (Lipinski definition) is 1. The summed E-state index contributed by atoms with van der Waals surface area (Å²) in [6.07, 6.45) is 0.833. The van der Waals surface area contributed by atoms with Crippen molar-refractivity contribution in [3.8, 4) is 11.3 Å². The molecular weight excluding hydrogens is 258 g/mol. The van der Waals surface area contributed by atoms with E-state index >= 15 is 0 Å². The van der Waals surface area contributed by atoms with Gasteiger partial charge in [-0.1, -0.05) is 43.3 Å². The standard InChI is InChI=1S/C18H19N3/c1-3-17-20-16(12-18(21-17)19-4-2)15-10-9-13-7-5-6-8-14(13)11-15/h5-12H,3-4H2,1-2H3,(H,19,20,21). The van der Waals surface area contributed by atoms with Gasteiger partial charge in [-0.3, -0.25) is 0 Å². The van der Waals surface area contributed by atoms with Crippen LogP contribution in [0.4, 0.5) is 5.82 Å². The minimum absolute atomic E-state index is 0.833. The molecule has 0 saturated heterocycles. The fourth-order valence-electron chi connectivity index (χ4n) is 2.42. The molecule has 0 bridgehead atoms. The molecule has 0 spiro atoms. The minimum Gasteiger partial charge on any atom is -0.370 e. The van der Waals surface area contributed by atoms with Crippen LogP contribution < -0.4 is 5.32 Å². The van der Waals surface area contributed by atoms with Crippen LogP contribution in [0.25, 0.3) is 22.0 Å². The molecule has 0 saturated carbocycles. The van der Waals surface area contributed by atoms with Gasteiger partial charge in [-0.25, -0.2) is 9.97 Å². The maximum absolute atomic E-state index is 4.66. The molecule has 1 heterocycles. The molecule has 3 aromatic rings. The summed E-state index contributed by atoms with van der Waals surface area (Å²) in [7, 11) is 0. The highest BCUT2D eigenvalue weighted by molar-refractivity contribution is 5.86. The minimum atomic E-state index is 0.833. The third kappa shape index (κ3) is 2.87. The van der Waals surface area contributed by atoms with Crippen molar-refractivity contribution in [1.29, 1.82) is 0 Å². The van der Waals surface area contributed by atoms with E-state index in [0.29, 0.717) is 0 Å². The summed E-state index contributed by atoms with van der Waals surface area (Å²) in [5, 5.41) is 5.76. The fraction of sp³-hybridized carbons (Fsp3) is 0.222. The summed E-state index contributed by atoms with van der Waals surface area (Å²) < 4.78 is 0. The Morgan fingerprint density at radius 3 is 2.48 bits per heavy atom. The van der Waals surface area contributed by atoms with Crippen LogP contribution in [0.5, 0.6) is 0 Å². The van der Waals surface area contributed by atoms with Crippen molar-refractivity contribution in [2.24, 2.45) is 0 Å². The second-order valence-corrected chi connectivity index (χ2v) is 5.00. The van der Waals surface area contributed by atoms with Gasteiger partial charge in [-0.2, -0.15) is 0 Å². The first-order valence-electron chi connectivity index (χ1n) is 7.41. The lowest BCUT2D eigenvalue weighted by Crippen LogP contribution is -2.04. The van der Waals surface area contributed by atoms with Gasteiger partial charge in [0, 0.05) is 24.6 Å². The smallest absolute Gasteiger partial charge is 0.131 e. The van der Waals surface area contributed by atoms with E-state index in [2.05, 4.69) is 71.6 Å². The first-order valence-corrected chi connectivity index (χ1v) is 7.41. The zero-order valence-corrected chi connectivity index (χ0v) is 12.4. The number of anilines is 1. The van der Waals surface area contributed by atoms with Crippen molar-refractivity contribution >= 4 is 16.6 Å². The number of rotatable bonds is 4. The largest absolute Gasteiger partial charge is 0.370 e. The Labute approximate surface area is 125 Å². The Morgan fingerprint density at radius 1 is 0.905 bits per heavy atom. The molecule has 0 aliphatic heterocycles. The van der Waals surface area contributed by atoms with Gasteiger partial charge in [0.25, 0.3) is 0 Å². The summed E-state index contributed by atoms with van der Waals surface area (Å²) in [4.78, 5) is 9.17. The number of nitrogens with zero attached hydrogens (tertiary/aromatic N) is 2. The van der Waals surface area contributed by atoms with E-state index < -0.39 is 0 Å². The highest BCUT2D eigenvalue weighted by Crippen LogP contribution is 2.24.